The van der Waals surface area contributed by atoms with Crippen molar-refractivity contribution in [3.63, 3.8) is 0 Å². The normalized spacial score (nSPS) is 17.5. The van der Waals surface area contributed by atoms with Crippen molar-refractivity contribution in [2.75, 3.05) is 13.1 Å². The lowest BCUT2D eigenvalue weighted by atomic mass is 9.96. The molecule has 1 N–H and O–H groups in total. The molecule has 0 aliphatic carbocycles. The molecule has 0 unspecified atom stereocenters. The van der Waals surface area contributed by atoms with Gasteiger partial charge in [0.05, 0.1) is 35.8 Å². The predicted octanol–water partition coefficient (Wildman–Crippen LogP) is 3.74. The van der Waals surface area contributed by atoms with Crippen molar-refractivity contribution >= 4 is 23.5 Å². The Morgan fingerprint density at radius 2 is 1.88 bits per heavy atom. The minimum Gasteiger partial charge on any atom is -0.416 e. The molecule has 0 amide bonds. The Kier molecular flexibility index (Phi) is 5.87. The number of carbonyl (C=O) groups is 2. The van der Waals surface area contributed by atoms with Gasteiger partial charge in [0, 0.05) is 17.7 Å². The Morgan fingerprint density at radius 1 is 1.12 bits per heavy atom. The van der Waals surface area contributed by atoms with E-state index in [2.05, 4.69) is 5.32 Å². The van der Waals surface area contributed by atoms with Gasteiger partial charge in [-0.15, -0.1) is 0 Å². The smallest absolute Gasteiger partial charge is 0.309 e. The maximum Gasteiger partial charge on any atom is 0.309 e. The quantitative estimate of drug-likeness (QED) is 0.571. The van der Waals surface area contributed by atoms with Gasteiger partial charge in [-0.25, -0.2) is 9.07 Å². The van der Waals surface area contributed by atoms with Crippen molar-refractivity contribution in [1.29, 1.82) is 0 Å². The Balaban J connectivity index is 1.61. The average molecular weight is 484 g/mol. The molecule has 2 aromatic carbocycles. The summed E-state index contributed by atoms with van der Waals surface area (Å²) in [6, 6.07) is 11.8. The van der Waals surface area contributed by atoms with Gasteiger partial charge >= 0.3 is 11.9 Å². The van der Waals surface area contributed by atoms with Gasteiger partial charge in [-0.3, -0.25) is 9.59 Å². The van der Waals surface area contributed by atoms with E-state index in [-0.39, 0.29) is 25.2 Å². The van der Waals surface area contributed by atoms with Crippen LogP contribution in [0.25, 0.3) is 5.69 Å². The highest BCUT2D eigenvalue weighted by Crippen LogP contribution is 2.39. The van der Waals surface area contributed by atoms with Crippen LogP contribution in [0.4, 0.5) is 4.39 Å². The summed E-state index contributed by atoms with van der Waals surface area (Å²) in [7, 11) is 0. The number of esters is 2. The number of carbonyl (C=O) groups excluding carboxylic acids is 2. The SMILES string of the molecule is Cc1cc(Cc2cccc(F)c2)nn1-c1c(Cl)ccc2c1CCNCC21OC(=O)CCC(=O)O1. The summed E-state index contributed by atoms with van der Waals surface area (Å²) in [5.41, 5.74) is 4.39. The molecule has 0 atom stereocenters. The van der Waals surface area contributed by atoms with Gasteiger partial charge in [0.1, 0.15) is 5.82 Å². The molecule has 5 rings (SSSR count). The number of aromatic nitrogens is 2. The van der Waals surface area contributed by atoms with Crippen molar-refractivity contribution in [3.8, 4) is 5.69 Å². The lowest BCUT2D eigenvalue weighted by Crippen LogP contribution is -2.43. The van der Waals surface area contributed by atoms with E-state index in [1.807, 2.05) is 19.1 Å². The third-order valence-corrected chi connectivity index (χ3v) is 6.37. The summed E-state index contributed by atoms with van der Waals surface area (Å²) >= 11 is 6.68. The molecular formula is C25H23ClFN3O4. The van der Waals surface area contributed by atoms with Gasteiger partial charge < -0.3 is 14.8 Å². The number of halogens is 2. The van der Waals surface area contributed by atoms with E-state index >= 15 is 0 Å². The first-order valence-electron chi connectivity index (χ1n) is 11.1. The third-order valence-electron chi connectivity index (χ3n) is 6.07. The molecule has 9 heteroatoms. The van der Waals surface area contributed by atoms with Crippen LogP contribution in [-0.2, 0) is 37.7 Å². The molecule has 1 aromatic heterocycles. The van der Waals surface area contributed by atoms with E-state index in [9.17, 15) is 14.0 Å². The van der Waals surface area contributed by atoms with Crippen LogP contribution >= 0.6 is 11.6 Å². The van der Waals surface area contributed by atoms with Gasteiger partial charge in [-0.2, -0.15) is 5.10 Å². The second-order valence-electron chi connectivity index (χ2n) is 8.55. The largest absolute Gasteiger partial charge is 0.416 e. The van der Waals surface area contributed by atoms with Crippen molar-refractivity contribution < 1.29 is 23.5 Å². The van der Waals surface area contributed by atoms with E-state index in [1.54, 1.807) is 22.9 Å². The molecule has 2 aliphatic rings. The molecule has 2 aliphatic heterocycles. The van der Waals surface area contributed by atoms with E-state index in [1.165, 1.54) is 12.1 Å². The van der Waals surface area contributed by atoms with Crippen LogP contribution in [0.15, 0.2) is 42.5 Å². The van der Waals surface area contributed by atoms with Crippen LogP contribution in [-0.4, -0.2) is 34.8 Å². The van der Waals surface area contributed by atoms with Crippen molar-refractivity contribution in [2.24, 2.45) is 0 Å². The Labute approximate surface area is 200 Å². The standard InChI is InChI=1S/C25H23ClFN3O4/c1-15-11-18(13-16-3-2-4-17(27)12-16)29-30(15)24-19-9-10-28-14-25(20(19)5-6-21(24)26)33-22(31)7-8-23(32)34-25/h2-6,11-12,28H,7-10,13-14H2,1H3. The van der Waals surface area contributed by atoms with Crippen LogP contribution in [0.1, 0.15) is 40.9 Å². The second-order valence-corrected chi connectivity index (χ2v) is 8.95. The summed E-state index contributed by atoms with van der Waals surface area (Å²) in [5.74, 6) is -2.86. The minimum atomic E-state index is -1.57. The van der Waals surface area contributed by atoms with Crippen molar-refractivity contribution in [3.05, 3.63) is 81.4 Å². The summed E-state index contributed by atoms with van der Waals surface area (Å²) in [6.45, 7) is 2.61. The Bertz CT molecular complexity index is 1270. The van der Waals surface area contributed by atoms with E-state index in [4.69, 9.17) is 26.2 Å². The average Bonchev–Trinajstić information content (AvgIpc) is 2.95. The first kappa shape index (κ1) is 22.6. The molecule has 0 saturated carbocycles. The maximum absolute atomic E-state index is 13.6. The van der Waals surface area contributed by atoms with Crippen LogP contribution in [0.3, 0.4) is 0 Å². The molecule has 34 heavy (non-hydrogen) atoms. The number of rotatable bonds is 3. The lowest BCUT2D eigenvalue weighted by Gasteiger charge is -2.32. The maximum atomic E-state index is 13.6. The molecule has 3 heterocycles. The molecule has 176 valence electrons. The lowest BCUT2D eigenvalue weighted by molar-refractivity contribution is -0.225. The molecule has 0 bridgehead atoms. The summed E-state index contributed by atoms with van der Waals surface area (Å²) in [5, 5.41) is 8.44. The summed E-state index contributed by atoms with van der Waals surface area (Å²) < 4.78 is 26.8. The summed E-state index contributed by atoms with van der Waals surface area (Å²) in [6.07, 6.45) is 0.954. The van der Waals surface area contributed by atoms with Gasteiger partial charge in [0.2, 0.25) is 0 Å². The molecule has 1 fully saturated rings. The molecule has 0 radical (unpaired) electrons. The first-order valence-corrected chi connectivity index (χ1v) is 11.5. The second kappa shape index (κ2) is 8.85. The zero-order valence-corrected chi connectivity index (χ0v) is 19.3. The number of hydrogen-bond donors (Lipinski definition) is 1. The number of benzene rings is 2. The zero-order chi connectivity index (χ0) is 23.9. The van der Waals surface area contributed by atoms with E-state index in [0.29, 0.717) is 35.7 Å². The first-order chi connectivity index (χ1) is 16.3. The van der Waals surface area contributed by atoms with Crippen LogP contribution in [0.5, 0.6) is 0 Å². The van der Waals surface area contributed by atoms with Gasteiger partial charge in [0.15, 0.2) is 0 Å². The van der Waals surface area contributed by atoms with E-state index < -0.39 is 17.7 Å². The van der Waals surface area contributed by atoms with Crippen LogP contribution in [0.2, 0.25) is 5.02 Å². The molecule has 7 nitrogen and oxygen atoms in total. The van der Waals surface area contributed by atoms with Crippen molar-refractivity contribution in [1.82, 2.24) is 15.1 Å². The number of hydrogen-bond acceptors (Lipinski definition) is 6. The molecule has 1 saturated heterocycles. The summed E-state index contributed by atoms with van der Waals surface area (Å²) in [4.78, 5) is 24.7. The Morgan fingerprint density at radius 3 is 2.62 bits per heavy atom. The van der Waals surface area contributed by atoms with E-state index in [0.717, 1.165) is 22.5 Å². The number of nitrogens with one attached hydrogen (secondary N) is 1. The van der Waals surface area contributed by atoms with Crippen LogP contribution < -0.4 is 5.32 Å². The predicted molar refractivity (Wildman–Crippen MR) is 122 cm³/mol. The molecule has 3 aromatic rings. The third kappa shape index (κ3) is 4.19. The number of aryl methyl sites for hydroxylation is 1. The van der Waals surface area contributed by atoms with Gasteiger partial charge in [-0.05, 0) is 61.3 Å². The Hall–Kier alpha value is -3.23. The topological polar surface area (TPSA) is 82.5 Å². The van der Waals surface area contributed by atoms with Gasteiger partial charge in [-0.1, -0.05) is 23.7 Å². The molecular weight excluding hydrogens is 461 g/mol. The minimum absolute atomic E-state index is 0.0297. The monoisotopic (exact) mass is 483 g/mol. The highest BCUT2D eigenvalue weighted by Gasteiger charge is 2.46. The zero-order valence-electron chi connectivity index (χ0n) is 18.6. The highest BCUT2D eigenvalue weighted by molar-refractivity contribution is 6.32. The fourth-order valence-corrected chi connectivity index (χ4v) is 4.85. The van der Waals surface area contributed by atoms with Gasteiger partial charge in [0.25, 0.3) is 5.79 Å². The fraction of sp³-hybridized carbons (Fsp3) is 0.320. The number of nitrogens with zero attached hydrogens (tertiary/aromatic N) is 2. The molecule has 1 spiro atoms. The number of ether oxygens (including phenoxy) is 2. The highest BCUT2D eigenvalue weighted by atomic mass is 35.5. The van der Waals surface area contributed by atoms with Crippen molar-refractivity contribution in [2.45, 2.75) is 38.4 Å². The number of fused-ring (bicyclic) bond motifs is 2. The van der Waals surface area contributed by atoms with Crippen LogP contribution in [0, 0.1) is 12.7 Å². The fourth-order valence-electron chi connectivity index (χ4n) is 4.59.